The van der Waals surface area contributed by atoms with Crippen LogP contribution in [0.2, 0.25) is 5.02 Å². The number of rotatable bonds is 7. The van der Waals surface area contributed by atoms with E-state index >= 15 is 0 Å². The van der Waals surface area contributed by atoms with Crippen molar-refractivity contribution in [2.24, 2.45) is 0 Å². The summed E-state index contributed by atoms with van der Waals surface area (Å²) in [5, 5.41) is 6.19. The molecule has 4 aromatic rings. The molecule has 156 valence electrons. The van der Waals surface area contributed by atoms with E-state index in [1.165, 1.54) is 23.1 Å². The molecule has 0 aliphatic rings. The van der Waals surface area contributed by atoms with Crippen LogP contribution in [-0.4, -0.2) is 22.6 Å². The zero-order valence-corrected chi connectivity index (χ0v) is 18.7. The van der Waals surface area contributed by atoms with Gasteiger partial charge in [0.1, 0.15) is 0 Å². The van der Waals surface area contributed by atoms with E-state index in [-0.39, 0.29) is 11.8 Å². The number of halogens is 1. The topological polar surface area (TPSA) is 71.1 Å². The molecule has 1 heterocycles. The third kappa shape index (κ3) is 5.64. The van der Waals surface area contributed by atoms with Gasteiger partial charge in [0.25, 0.3) is 5.91 Å². The van der Waals surface area contributed by atoms with Crippen LogP contribution in [0.5, 0.6) is 0 Å². The summed E-state index contributed by atoms with van der Waals surface area (Å²) in [5.41, 5.74) is 2.98. The van der Waals surface area contributed by atoms with Crippen LogP contribution in [0.3, 0.4) is 0 Å². The van der Waals surface area contributed by atoms with Gasteiger partial charge in [-0.3, -0.25) is 9.59 Å². The standard InChI is InChI=1S/C23H18ClN3O2S2/c24-18-9-5-4-8-17(18)22(29)26-16-10-11-19-20(12-16)31-23(27-19)30-14-21(28)25-13-15-6-2-1-3-7-15/h1-12H,13-14H2,(H,25,28)(H,26,29). The number of anilines is 1. The molecule has 0 aliphatic carbocycles. The molecule has 3 aromatic carbocycles. The fourth-order valence-corrected chi connectivity index (χ4v) is 5.02. The Balaban J connectivity index is 1.35. The number of amides is 2. The average molecular weight is 468 g/mol. The molecule has 0 aliphatic heterocycles. The van der Waals surface area contributed by atoms with Gasteiger partial charge in [-0.1, -0.05) is 65.8 Å². The highest BCUT2D eigenvalue weighted by Crippen LogP contribution is 2.31. The van der Waals surface area contributed by atoms with Gasteiger partial charge in [-0.25, -0.2) is 4.98 Å². The zero-order valence-electron chi connectivity index (χ0n) is 16.3. The van der Waals surface area contributed by atoms with Crippen molar-refractivity contribution in [3.8, 4) is 0 Å². The first-order chi connectivity index (χ1) is 15.1. The maximum absolute atomic E-state index is 12.5. The molecule has 4 rings (SSSR count). The van der Waals surface area contributed by atoms with Gasteiger partial charge < -0.3 is 10.6 Å². The summed E-state index contributed by atoms with van der Waals surface area (Å²) < 4.78 is 1.74. The van der Waals surface area contributed by atoms with Gasteiger partial charge in [0.2, 0.25) is 5.91 Å². The van der Waals surface area contributed by atoms with Gasteiger partial charge in [0.05, 0.1) is 26.6 Å². The minimum absolute atomic E-state index is 0.0409. The third-order valence-electron chi connectivity index (χ3n) is 4.40. The van der Waals surface area contributed by atoms with Crippen LogP contribution < -0.4 is 10.6 Å². The van der Waals surface area contributed by atoms with Crippen molar-refractivity contribution in [3.05, 3.63) is 88.9 Å². The van der Waals surface area contributed by atoms with Crippen molar-refractivity contribution in [1.29, 1.82) is 0 Å². The highest BCUT2D eigenvalue weighted by atomic mass is 35.5. The summed E-state index contributed by atoms with van der Waals surface area (Å²) in [5.74, 6) is -0.0112. The van der Waals surface area contributed by atoms with Crippen LogP contribution in [0.15, 0.2) is 77.1 Å². The van der Waals surface area contributed by atoms with E-state index in [0.29, 0.717) is 28.6 Å². The molecule has 5 nitrogen and oxygen atoms in total. The van der Waals surface area contributed by atoms with Gasteiger partial charge in [0, 0.05) is 12.2 Å². The lowest BCUT2D eigenvalue weighted by Crippen LogP contribution is -2.24. The molecule has 2 amide bonds. The Morgan fingerprint density at radius 3 is 2.58 bits per heavy atom. The van der Waals surface area contributed by atoms with Crippen LogP contribution in [0.1, 0.15) is 15.9 Å². The Bertz CT molecular complexity index is 1230. The Labute approximate surface area is 192 Å². The molecule has 0 unspecified atom stereocenters. The number of thioether (sulfide) groups is 1. The lowest BCUT2D eigenvalue weighted by molar-refractivity contribution is -0.118. The number of thiazole rings is 1. The fourth-order valence-electron chi connectivity index (χ4n) is 2.86. The number of aromatic nitrogens is 1. The van der Waals surface area contributed by atoms with Crippen LogP contribution >= 0.6 is 34.7 Å². The van der Waals surface area contributed by atoms with E-state index < -0.39 is 0 Å². The number of hydrogen-bond acceptors (Lipinski definition) is 5. The quantitative estimate of drug-likeness (QED) is 0.346. The average Bonchev–Trinajstić information content (AvgIpc) is 3.19. The summed E-state index contributed by atoms with van der Waals surface area (Å²) in [6.45, 7) is 0.508. The van der Waals surface area contributed by atoms with Crippen molar-refractivity contribution < 1.29 is 9.59 Å². The fraction of sp³-hybridized carbons (Fsp3) is 0.0870. The molecule has 0 radical (unpaired) electrons. The second kappa shape index (κ2) is 9.96. The monoisotopic (exact) mass is 467 g/mol. The largest absolute Gasteiger partial charge is 0.351 e. The number of carbonyl (C=O) groups is 2. The third-order valence-corrected chi connectivity index (χ3v) is 6.90. The van der Waals surface area contributed by atoms with E-state index in [1.807, 2.05) is 42.5 Å². The Kier molecular flexibility index (Phi) is 6.86. The highest BCUT2D eigenvalue weighted by molar-refractivity contribution is 8.01. The van der Waals surface area contributed by atoms with E-state index in [9.17, 15) is 9.59 Å². The molecule has 0 atom stereocenters. The molecular weight excluding hydrogens is 450 g/mol. The van der Waals surface area contributed by atoms with Crippen LogP contribution in [0.25, 0.3) is 10.2 Å². The molecule has 1 aromatic heterocycles. The summed E-state index contributed by atoms with van der Waals surface area (Å²) in [6.07, 6.45) is 0. The number of benzene rings is 3. The molecule has 8 heteroatoms. The molecule has 0 bridgehead atoms. The van der Waals surface area contributed by atoms with Gasteiger partial charge in [-0.15, -0.1) is 11.3 Å². The summed E-state index contributed by atoms with van der Waals surface area (Å²) in [7, 11) is 0. The zero-order chi connectivity index (χ0) is 21.6. The van der Waals surface area contributed by atoms with E-state index in [1.54, 1.807) is 30.3 Å². The van der Waals surface area contributed by atoms with E-state index in [4.69, 9.17) is 11.6 Å². The minimum Gasteiger partial charge on any atom is -0.351 e. The van der Waals surface area contributed by atoms with Gasteiger partial charge in [0.15, 0.2) is 4.34 Å². The van der Waals surface area contributed by atoms with Gasteiger partial charge in [-0.2, -0.15) is 0 Å². The normalized spacial score (nSPS) is 10.7. The van der Waals surface area contributed by atoms with Crippen molar-refractivity contribution >= 4 is 62.4 Å². The highest BCUT2D eigenvalue weighted by Gasteiger charge is 2.12. The Morgan fingerprint density at radius 1 is 1.00 bits per heavy atom. The van der Waals surface area contributed by atoms with E-state index in [2.05, 4.69) is 15.6 Å². The van der Waals surface area contributed by atoms with Crippen molar-refractivity contribution in [1.82, 2.24) is 10.3 Å². The minimum atomic E-state index is -0.265. The lowest BCUT2D eigenvalue weighted by atomic mass is 10.2. The van der Waals surface area contributed by atoms with Crippen molar-refractivity contribution in [2.75, 3.05) is 11.1 Å². The smallest absolute Gasteiger partial charge is 0.257 e. The van der Waals surface area contributed by atoms with Crippen LogP contribution in [-0.2, 0) is 11.3 Å². The Hall–Kier alpha value is -2.87. The summed E-state index contributed by atoms with van der Waals surface area (Å²) in [4.78, 5) is 29.2. The summed E-state index contributed by atoms with van der Waals surface area (Å²) in [6, 6.07) is 22.2. The second-order valence-corrected chi connectivity index (χ2v) is 9.31. The molecule has 31 heavy (non-hydrogen) atoms. The number of nitrogens with one attached hydrogen (secondary N) is 2. The number of hydrogen-bond donors (Lipinski definition) is 2. The Morgan fingerprint density at radius 2 is 1.77 bits per heavy atom. The molecule has 0 fully saturated rings. The van der Waals surface area contributed by atoms with Crippen LogP contribution in [0, 0.1) is 0 Å². The molecule has 0 saturated carbocycles. The number of nitrogens with zero attached hydrogens (tertiary/aromatic N) is 1. The SMILES string of the molecule is O=C(CSc1nc2ccc(NC(=O)c3ccccc3Cl)cc2s1)NCc1ccccc1. The van der Waals surface area contributed by atoms with Gasteiger partial charge >= 0.3 is 0 Å². The molecule has 0 saturated heterocycles. The number of carbonyl (C=O) groups excluding carboxylic acids is 2. The summed E-state index contributed by atoms with van der Waals surface area (Å²) >= 11 is 8.98. The molecule has 2 N–H and O–H groups in total. The molecule has 0 spiro atoms. The first kappa shape index (κ1) is 21.4. The van der Waals surface area contributed by atoms with Crippen molar-refractivity contribution in [3.63, 3.8) is 0 Å². The predicted octanol–water partition coefficient (Wildman–Crippen LogP) is 5.61. The first-order valence-electron chi connectivity index (χ1n) is 9.48. The lowest BCUT2D eigenvalue weighted by Gasteiger charge is -2.06. The first-order valence-corrected chi connectivity index (χ1v) is 11.7. The second-order valence-electron chi connectivity index (χ2n) is 6.65. The van der Waals surface area contributed by atoms with Gasteiger partial charge in [-0.05, 0) is 35.9 Å². The van der Waals surface area contributed by atoms with Crippen LogP contribution in [0.4, 0.5) is 5.69 Å². The maximum atomic E-state index is 12.5. The van der Waals surface area contributed by atoms with E-state index in [0.717, 1.165) is 20.1 Å². The van der Waals surface area contributed by atoms with Crippen molar-refractivity contribution in [2.45, 2.75) is 10.9 Å². The maximum Gasteiger partial charge on any atom is 0.257 e. The predicted molar refractivity (Wildman–Crippen MR) is 128 cm³/mol. The number of fused-ring (bicyclic) bond motifs is 1. The molecular formula is C23H18ClN3O2S2.